The molecule has 11 nitrogen and oxygen atoms in total. The van der Waals surface area contributed by atoms with Gasteiger partial charge in [0, 0.05) is 38.9 Å². The molecule has 51 heavy (non-hydrogen) atoms. The zero-order chi connectivity index (χ0) is 37.0. The summed E-state index contributed by atoms with van der Waals surface area (Å²) < 4.78 is 22.8. The van der Waals surface area contributed by atoms with Crippen molar-refractivity contribution in [3.05, 3.63) is 59.2 Å². The Labute approximate surface area is 301 Å². The van der Waals surface area contributed by atoms with Crippen molar-refractivity contribution in [3.8, 4) is 0 Å². The third-order valence-corrected chi connectivity index (χ3v) is 10.7. The lowest BCUT2D eigenvalue weighted by Crippen LogP contribution is -2.54. The van der Waals surface area contributed by atoms with Gasteiger partial charge in [-0.2, -0.15) is 5.10 Å². The van der Waals surface area contributed by atoms with Gasteiger partial charge in [-0.05, 0) is 106 Å². The van der Waals surface area contributed by atoms with Gasteiger partial charge in [0.05, 0.1) is 5.69 Å². The van der Waals surface area contributed by atoms with Crippen LogP contribution in [0.3, 0.4) is 0 Å². The van der Waals surface area contributed by atoms with Crippen LogP contribution in [0.4, 0.5) is 10.1 Å². The summed E-state index contributed by atoms with van der Waals surface area (Å²) in [5, 5.41) is 12.8. The topological polar surface area (TPSA) is 135 Å². The first-order valence-corrected chi connectivity index (χ1v) is 18.5. The highest BCUT2D eigenvalue weighted by atomic mass is 19.1. The molecule has 2 aliphatic carbocycles. The minimum absolute atomic E-state index is 0.0207. The summed E-state index contributed by atoms with van der Waals surface area (Å²) in [6.07, 6.45) is 7.83. The second kappa shape index (κ2) is 16.5. The number of amides is 4. The van der Waals surface area contributed by atoms with Gasteiger partial charge in [-0.25, -0.2) is 4.39 Å². The summed E-state index contributed by atoms with van der Waals surface area (Å²) in [6, 6.07) is 4.28. The zero-order valence-corrected chi connectivity index (χ0v) is 31.1. The van der Waals surface area contributed by atoms with Gasteiger partial charge in [0.15, 0.2) is 0 Å². The molecular weight excluding hydrogens is 651 g/mol. The van der Waals surface area contributed by atoms with Crippen LogP contribution in [0.25, 0.3) is 0 Å². The van der Waals surface area contributed by atoms with Crippen LogP contribution in [0.5, 0.6) is 0 Å². The highest BCUT2D eigenvalue weighted by molar-refractivity contribution is 6.01. The molecule has 2 saturated carbocycles. The quantitative estimate of drug-likeness (QED) is 0.229. The minimum Gasteiger partial charge on any atom is -0.372 e. The molecule has 0 unspecified atom stereocenters. The molecule has 2 aromatic rings. The van der Waals surface area contributed by atoms with Crippen LogP contribution in [0.2, 0.25) is 0 Å². The van der Waals surface area contributed by atoms with Crippen molar-refractivity contribution in [3.63, 3.8) is 0 Å². The fraction of sp³-hybridized carbons (Fsp3) is 0.615. The number of anilines is 1. The number of carbonyl (C=O) groups is 4. The maximum Gasteiger partial charge on any atom is 0.270 e. The van der Waals surface area contributed by atoms with E-state index in [2.05, 4.69) is 47.9 Å². The van der Waals surface area contributed by atoms with Gasteiger partial charge in [0.1, 0.15) is 29.7 Å². The zero-order valence-electron chi connectivity index (χ0n) is 31.1. The van der Waals surface area contributed by atoms with Gasteiger partial charge in [0.25, 0.3) is 5.91 Å². The number of ether oxygens (including phenoxy) is 1. The van der Waals surface area contributed by atoms with Crippen LogP contribution >= 0.6 is 0 Å². The van der Waals surface area contributed by atoms with Crippen molar-refractivity contribution in [2.75, 3.05) is 25.5 Å². The summed E-state index contributed by atoms with van der Waals surface area (Å²) in [6.45, 7) is 13.1. The van der Waals surface area contributed by atoms with Crippen LogP contribution < -0.4 is 16.0 Å². The van der Waals surface area contributed by atoms with Crippen LogP contribution in [-0.4, -0.2) is 76.7 Å². The number of hydrogen-bond acceptors (Lipinski definition) is 6. The van der Waals surface area contributed by atoms with Crippen molar-refractivity contribution in [1.82, 2.24) is 25.3 Å². The Kier molecular flexibility index (Phi) is 12.4. The Morgan fingerprint density at radius 3 is 2.27 bits per heavy atom. The maximum atomic E-state index is 15.9. The Morgan fingerprint density at radius 1 is 0.980 bits per heavy atom. The van der Waals surface area contributed by atoms with E-state index in [9.17, 15) is 19.2 Å². The predicted molar refractivity (Wildman–Crippen MR) is 193 cm³/mol. The fourth-order valence-electron chi connectivity index (χ4n) is 7.71. The van der Waals surface area contributed by atoms with Crippen LogP contribution in [0.15, 0.2) is 42.1 Å². The molecule has 3 N–H and O–H groups in total. The first kappa shape index (κ1) is 38.2. The van der Waals surface area contributed by atoms with E-state index in [0.717, 1.165) is 32.1 Å². The molecule has 2 heterocycles. The second-order valence-electron chi connectivity index (χ2n) is 15.2. The summed E-state index contributed by atoms with van der Waals surface area (Å²) >= 11 is 0. The fourth-order valence-corrected chi connectivity index (χ4v) is 7.71. The van der Waals surface area contributed by atoms with Crippen LogP contribution in [0, 0.1) is 35.4 Å². The number of aromatic nitrogens is 2. The lowest BCUT2D eigenvalue weighted by atomic mass is 9.88. The van der Waals surface area contributed by atoms with Crippen molar-refractivity contribution < 1.29 is 28.3 Å². The molecule has 0 bridgehead atoms. The lowest BCUT2D eigenvalue weighted by Gasteiger charge is -2.35. The number of hydrogen-bond donors (Lipinski definition) is 3. The highest BCUT2D eigenvalue weighted by Crippen LogP contribution is 2.51. The van der Waals surface area contributed by atoms with E-state index in [-0.39, 0.29) is 35.3 Å². The monoisotopic (exact) mass is 706 g/mol. The number of methoxy groups -OCH3 is 1. The SMILES string of the molecule is CCn1nccc1C(=O)N[C@H](C(=O)Nc1ccc([C@H](C)[C@@H](NC(=O)[C@H](C)OC)C(=O)N2C[C@H](C)C/C(C)=C\[C@H](C)C2)cc1F)C(C1CC1)C1CC1. The Hall–Kier alpha value is -4.06. The highest BCUT2D eigenvalue weighted by Gasteiger charge is 2.48. The molecule has 0 spiro atoms. The number of carbonyl (C=O) groups excluding carboxylic acids is 4. The molecule has 3 aliphatic rings. The first-order chi connectivity index (χ1) is 24.3. The Bertz CT molecular complexity index is 1600. The van der Waals surface area contributed by atoms with Crippen molar-refractivity contribution in [2.45, 2.75) is 104 Å². The van der Waals surface area contributed by atoms with Gasteiger partial charge in [-0.3, -0.25) is 23.9 Å². The number of nitrogens with one attached hydrogen (secondary N) is 3. The van der Waals surface area contributed by atoms with Gasteiger partial charge in [0.2, 0.25) is 17.7 Å². The average molecular weight is 707 g/mol. The molecule has 12 heteroatoms. The summed E-state index contributed by atoms with van der Waals surface area (Å²) in [4.78, 5) is 56.4. The lowest BCUT2D eigenvalue weighted by molar-refractivity contribution is -0.140. The summed E-state index contributed by atoms with van der Waals surface area (Å²) in [5.41, 5.74) is 2.13. The van der Waals surface area contributed by atoms with Crippen molar-refractivity contribution >= 4 is 29.3 Å². The molecule has 6 atom stereocenters. The Morgan fingerprint density at radius 2 is 1.67 bits per heavy atom. The molecule has 0 saturated heterocycles. The largest absolute Gasteiger partial charge is 0.372 e. The van der Waals surface area contributed by atoms with E-state index in [1.165, 1.54) is 24.8 Å². The maximum absolute atomic E-state index is 15.9. The molecule has 4 amide bonds. The molecule has 1 aromatic carbocycles. The van der Waals surface area contributed by atoms with Gasteiger partial charge >= 0.3 is 0 Å². The van der Waals surface area contributed by atoms with Crippen LogP contribution in [-0.2, 0) is 25.7 Å². The molecular formula is C39H55FN6O5. The third-order valence-electron chi connectivity index (χ3n) is 10.7. The van der Waals surface area contributed by atoms with E-state index < -0.39 is 41.7 Å². The smallest absolute Gasteiger partial charge is 0.270 e. The second-order valence-corrected chi connectivity index (χ2v) is 15.2. The molecule has 1 aliphatic heterocycles. The Balaban J connectivity index is 1.37. The van der Waals surface area contributed by atoms with Crippen molar-refractivity contribution in [1.29, 1.82) is 0 Å². The summed E-state index contributed by atoms with van der Waals surface area (Å²) in [7, 11) is 1.43. The average Bonchev–Trinajstić information content (AvgIpc) is 4.04. The molecule has 2 fully saturated rings. The predicted octanol–water partition coefficient (Wildman–Crippen LogP) is 5.29. The standard InChI is InChI=1S/C39H55FN6O5/c1-8-46-32(15-16-41-46)37(48)44-35(33(27-9-10-27)28-11-12-28)38(49)42-31-14-13-29(19-30(31)40)25(5)34(43-36(47)26(6)51-7)39(50)45-20-23(3)17-22(2)18-24(4)21-45/h13-17,19,23-28,33-35H,8-12,18,20-21H2,1-7H3,(H,42,49)(H,43,47)(H,44,48)/b22-17-/t23-,24+,25-,26-,34+,35-/m0/s1. The summed E-state index contributed by atoms with van der Waals surface area (Å²) in [5.74, 6) is -1.81. The third kappa shape index (κ3) is 9.44. The van der Waals surface area contributed by atoms with E-state index in [0.29, 0.717) is 42.7 Å². The number of rotatable bonds is 14. The van der Waals surface area contributed by atoms with E-state index in [1.807, 2.05) is 6.92 Å². The van der Waals surface area contributed by atoms with E-state index >= 15 is 4.39 Å². The van der Waals surface area contributed by atoms with Gasteiger partial charge < -0.3 is 25.6 Å². The van der Waals surface area contributed by atoms with Crippen molar-refractivity contribution in [2.24, 2.45) is 29.6 Å². The van der Waals surface area contributed by atoms with E-state index in [1.54, 1.807) is 41.8 Å². The van der Waals surface area contributed by atoms with Crippen LogP contribution in [0.1, 0.15) is 95.6 Å². The number of nitrogens with zero attached hydrogens (tertiary/aromatic N) is 3. The normalized spacial score (nSPS) is 22.8. The molecule has 0 radical (unpaired) electrons. The number of aryl methyl sites for hydroxylation is 1. The van der Waals surface area contributed by atoms with Gasteiger partial charge in [-0.15, -0.1) is 0 Å². The number of benzene rings is 1. The molecule has 1 aromatic heterocycles. The van der Waals surface area contributed by atoms with E-state index in [4.69, 9.17) is 4.74 Å². The molecule has 278 valence electrons. The first-order valence-electron chi connectivity index (χ1n) is 18.5. The van der Waals surface area contributed by atoms with Gasteiger partial charge in [-0.1, -0.05) is 38.5 Å². The number of allylic oxidation sites excluding steroid dienone is 1. The number of halogens is 1. The minimum atomic E-state index is -0.979. The molecule has 5 rings (SSSR count).